The van der Waals surface area contributed by atoms with E-state index >= 15 is 0 Å². The summed E-state index contributed by atoms with van der Waals surface area (Å²) in [5.41, 5.74) is 2.23. The maximum atomic E-state index is 12.0. The maximum absolute atomic E-state index is 12.0. The predicted molar refractivity (Wildman–Crippen MR) is 65.0 cm³/mol. The van der Waals surface area contributed by atoms with E-state index < -0.39 is 0 Å². The van der Waals surface area contributed by atoms with E-state index in [9.17, 15) is 4.79 Å². The van der Waals surface area contributed by atoms with Gasteiger partial charge in [0.2, 0.25) is 0 Å². The Morgan fingerprint density at radius 3 is 2.75 bits per heavy atom. The first-order valence-corrected chi connectivity index (χ1v) is 6.59. The van der Waals surface area contributed by atoms with Gasteiger partial charge in [0.25, 0.3) is 0 Å². The topological polar surface area (TPSA) is 17.1 Å². The van der Waals surface area contributed by atoms with E-state index in [-0.39, 0.29) is 0 Å². The molecule has 1 heteroatoms. The summed E-state index contributed by atoms with van der Waals surface area (Å²) in [6.45, 7) is 9.23. The molecule has 0 saturated heterocycles. The molecule has 1 spiro atoms. The fourth-order valence-electron chi connectivity index (χ4n) is 5.06. The van der Waals surface area contributed by atoms with Crippen molar-refractivity contribution in [1.29, 1.82) is 0 Å². The molecule has 4 atom stereocenters. The van der Waals surface area contributed by atoms with Crippen molar-refractivity contribution in [2.24, 2.45) is 28.6 Å². The smallest absolute Gasteiger partial charge is 0.136 e. The Bertz CT molecular complexity index is 390. The molecule has 2 fully saturated rings. The second kappa shape index (κ2) is 2.80. The largest absolute Gasteiger partial charge is 0.299 e. The minimum atomic E-state index is 0.297. The average molecular weight is 218 g/mol. The summed E-state index contributed by atoms with van der Waals surface area (Å²) in [5, 5.41) is 0. The lowest BCUT2D eigenvalue weighted by atomic mass is 9.68. The van der Waals surface area contributed by atoms with Crippen molar-refractivity contribution in [1.82, 2.24) is 0 Å². The number of fused-ring (bicyclic) bond motifs is 1. The van der Waals surface area contributed by atoms with Gasteiger partial charge in [-0.3, -0.25) is 4.79 Å². The van der Waals surface area contributed by atoms with Crippen LogP contribution in [0, 0.1) is 28.6 Å². The molecule has 3 aliphatic rings. The van der Waals surface area contributed by atoms with Crippen LogP contribution in [0.5, 0.6) is 0 Å². The van der Waals surface area contributed by atoms with E-state index in [1.54, 1.807) is 5.57 Å². The number of hydrogen-bond acceptors (Lipinski definition) is 1. The molecule has 0 aliphatic heterocycles. The van der Waals surface area contributed by atoms with Gasteiger partial charge in [0, 0.05) is 12.3 Å². The van der Waals surface area contributed by atoms with Crippen molar-refractivity contribution in [3.8, 4) is 0 Å². The molecule has 2 bridgehead atoms. The van der Waals surface area contributed by atoms with Crippen molar-refractivity contribution in [3.63, 3.8) is 0 Å². The molecule has 3 rings (SSSR count). The van der Waals surface area contributed by atoms with Crippen LogP contribution in [0.2, 0.25) is 0 Å². The van der Waals surface area contributed by atoms with Crippen LogP contribution >= 0.6 is 0 Å². The number of hydrogen-bond donors (Lipinski definition) is 0. The molecule has 0 amide bonds. The Hall–Kier alpha value is -0.590. The van der Waals surface area contributed by atoms with E-state index in [4.69, 9.17) is 0 Å². The van der Waals surface area contributed by atoms with E-state index in [1.807, 2.05) is 0 Å². The summed E-state index contributed by atoms with van der Waals surface area (Å²) in [6, 6.07) is 0. The molecule has 0 aromatic heterocycles. The summed E-state index contributed by atoms with van der Waals surface area (Å²) in [5.74, 6) is 2.17. The third-order valence-electron chi connectivity index (χ3n) is 6.18. The molecule has 2 saturated carbocycles. The SMILES string of the molecule is CC1=CC[C@@]23C[C@@H]1C(C)(C)[C@@H]2CC(=O)[C@@H]3C. The fraction of sp³-hybridized carbons (Fsp3) is 0.800. The van der Waals surface area contributed by atoms with Gasteiger partial charge in [-0.2, -0.15) is 0 Å². The minimum Gasteiger partial charge on any atom is -0.299 e. The number of rotatable bonds is 0. The van der Waals surface area contributed by atoms with E-state index in [2.05, 4.69) is 33.8 Å². The molecule has 0 unspecified atom stereocenters. The summed E-state index contributed by atoms with van der Waals surface area (Å²) >= 11 is 0. The van der Waals surface area contributed by atoms with Crippen LogP contribution in [0.3, 0.4) is 0 Å². The van der Waals surface area contributed by atoms with Crippen LogP contribution in [-0.2, 0) is 4.79 Å². The molecular formula is C15H22O. The van der Waals surface area contributed by atoms with Crippen LogP contribution in [0.25, 0.3) is 0 Å². The van der Waals surface area contributed by atoms with Crippen molar-refractivity contribution in [2.75, 3.05) is 0 Å². The molecule has 88 valence electrons. The van der Waals surface area contributed by atoms with Crippen molar-refractivity contribution < 1.29 is 4.79 Å². The average Bonchev–Trinajstić information content (AvgIpc) is 2.57. The van der Waals surface area contributed by atoms with Gasteiger partial charge in [0.05, 0.1) is 0 Å². The molecule has 3 aliphatic carbocycles. The highest BCUT2D eigenvalue weighted by Gasteiger charge is 2.65. The zero-order chi connectivity index (χ0) is 11.7. The Balaban J connectivity index is 2.14. The summed E-state index contributed by atoms with van der Waals surface area (Å²) < 4.78 is 0. The number of allylic oxidation sites excluding steroid dienone is 2. The lowest BCUT2D eigenvalue weighted by Crippen LogP contribution is -2.30. The van der Waals surface area contributed by atoms with E-state index in [1.165, 1.54) is 6.42 Å². The number of carbonyl (C=O) groups is 1. The lowest BCUT2D eigenvalue weighted by molar-refractivity contribution is -0.122. The van der Waals surface area contributed by atoms with Gasteiger partial charge in [-0.1, -0.05) is 32.4 Å². The van der Waals surface area contributed by atoms with Gasteiger partial charge in [0.15, 0.2) is 0 Å². The second-order valence-corrected chi connectivity index (χ2v) is 6.91. The van der Waals surface area contributed by atoms with Gasteiger partial charge >= 0.3 is 0 Å². The van der Waals surface area contributed by atoms with Crippen LogP contribution in [0.4, 0.5) is 0 Å². The van der Waals surface area contributed by atoms with Crippen LogP contribution < -0.4 is 0 Å². The number of carbonyl (C=O) groups excluding carboxylic acids is 1. The first-order chi connectivity index (χ1) is 7.39. The normalized spacial score (nSPS) is 49.1. The third-order valence-corrected chi connectivity index (χ3v) is 6.18. The molecular weight excluding hydrogens is 196 g/mol. The highest BCUT2D eigenvalue weighted by atomic mass is 16.1. The molecule has 0 radical (unpaired) electrons. The Kier molecular flexibility index (Phi) is 1.85. The Morgan fingerprint density at radius 1 is 1.38 bits per heavy atom. The van der Waals surface area contributed by atoms with Gasteiger partial charge in [-0.25, -0.2) is 0 Å². The van der Waals surface area contributed by atoms with Crippen LogP contribution in [0.1, 0.15) is 47.0 Å². The molecule has 16 heavy (non-hydrogen) atoms. The Morgan fingerprint density at radius 2 is 2.06 bits per heavy atom. The molecule has 0 N–H and O–H groups in total. The molecule has 0 aromatic rings. The van der Waals surface area contributed by atoms with Gasteiger partial charge < -0.3 is 0 Å². The minimum absolute atomic E-state index is 0.297. The van der Waals surface area contributed by atoms with Gasteiger partial charge in [0.1, 0.15) is 5.78 Å². The highest BCUT2D eigenvalue weighted by molar-refractivity contribution is 5.85. The van der Waals surface area contributed by atoms with Crippen molar-refractivity contribution >= 4 is 5.78 Å². The number of ketones is 1. The maximum Gasteiger partial charge on any atom is 0.136 e. The summed E-state index contributed by atoms with van der Waals surface area (Å²) in [4.78, 5) is 12.0. The molecule has 0 aromatic carbocycles. The lowest BCUT2D eigenvalue weighted by Gasteiger charge is -2.35. The monoisotopic (exact) mass is 218 g/mol. The predicted octanol–water partition coefficient (Wildman–Crippen LogP) is 3.59. The fourth-order valence-corrected chi connectivity index (χ4v) is 5.06. The Labute approximate surface area is 98.3 Å². The standard InChI is InChI=1S/C15H22O/c1-9-5-6-15-8-11(9)14(3,4)13(15)7-12(16)10(15)2/h5,10-11,13H,6-8H2,1-4H3/t10-,11-,13-,15-/m0/s1. The zero-order valence-electron chi connectivity index (χ0n) is 10.8. The van der Waals surface area contributed by atoms with Crippen LogP contribution in [-0.4, -0.2) is 5.78 Å². The van der Waals surface area contributed by atoms with Gasteiger partial charge in [-0.15, -0.1) is 0 Å². The van der Waals surface area contributed by atoms with Gasteiger partial charge in [-0.05, 0) is 42.4 Å². The zero-order valence-corrected chi connectivity index (χ0v) is 10.8. The van der Waals surface area contributed by atoms with Crippen molar-refractivity contribution in [3.05, 3.63) is 11.6 Å². The quantitative estimate of drug-likeness (QED) is 0.568. The van der Waals surface area contributed by atoms with E-state index in [0.717, 1.165) is 18.8 Å². The summed E-state index contributed by atoms with van der Waals surface area (Å²) in [7, 11) is 0. The first-order valence-electron chi connectivity index (χ1n) is 6.59. The first kappa shape index (κ1) is 10.6. The van der Waals surface area contributed by atoms with Crippen LogP contribution in [0.15, 0.2) is 11.6 Å². The third kappa shape index (κ3) is 0.959. The molecule has 0 heterocycles. The van der Waals surface area contributed by atoms with Crippen molar-refractivity contribution in [2.45, 2.75) is 47.0 Å². The van der Waals surface area contributed by atoms with E-state index in [0.29, 0.717) is 28.4 Å². The highest BCUT2D eigenvalue weighted by Crippen LogP contribution is 2.70. The molecule has 1 nitrogen and oxygen atoms in total. The number of Topliss-reactive ketones (excluding diaryl/α,β-unsaturated/α-hetero) is 1. The second-order valence-electron chi connectivity index (χ2n) is 6.91. The summed E-state index contributed by atoms with van der Waals surface area (Å²) in [6.07, 6.45) is 5.67.